The van der Waals surface area contributed by atoms with Crippen LogP contribution in [0, 0.1) is 32.6 Å². The Morgan fingerprint density at radius 3 is 2.74 bits per heavy atom. The summed E-state index contributed by atoms with van der Waals surface area (Å²) < 4.78 is 0. The molecule has 27 heavy (non-hydrogen) atoms. The molecule has 1 atom stereocenters. The first kappa shape index (κ1) is 18.8. The van der Waals surface area contributed by atoms with Crippen molar-refractivity contribution in [2.75, 3.05) is 18.0 Å². The van der Waals surface area contributed by atoms with Gasteiger partial charge in [0.1, 0.15) is 0 Å². The van der Waals surface area contributed by atoms with Crippen molar-refractivity contribution in [3.63, 3.8) is 0 Å². The van der Waals surface area contributed by atoms with Crippen LogP contribution >= 0.6 is 0 Å². The summed E-state index contributed by atoms with van der Waals surface area (Å²) >= 11 is 0. The number of hydrogen-bond donors (Lipinski definition) is 3. The summed E-state index contributed by atoms with van der Waals surface area (Å²) in [6, 6.07) is 1.91. The second-order valence-electron chi connectivity index (χ2n) is 7.21. The van der Waals surface area contributed by atoms with Crippen molar-refractivity contribution in [1.82, 2.24) is 10.3 Å². The maximum Gasteiger partial charge on any atom is 0.296 e. The summed E-state index contributed by atoms with van der Waals surface area (Å²) in [5.41, 5.74) is 11.2. The number of nitrogens with two attached hydrogens (primary N) is 1. The van der Waals surface area contributed by atoms with Gasteiger partial charge in [-0.15, -0.1) is 0 Å². The van der Waals surface area contributed by atoms with Crippen molar-refractivity contribution in [2.45, 2.75) is 46.6 Å². The van der Waals surface area contributed by atoms with E-state index in [1.54, 1.807) is 6.92 Å². The Morgan fingerprint density at radius 1 is 1.33 bits per heavy atom. The third-order valence-corrected chi connectivity index (χ3v) is 5.32. The highest BCUT2D eigenvalue weighted by molar-refractivity contribution is 6.11. The van der Waals surface area contributed by atoms with Gasteiger partial charge >= 0.3 is 0 Å². The highest BCUT2D eigenvalue weighted by Crippen LogP contribution is 2.37. The maximum absolute atomic E-state index is 11.9. The number of nitrogens with zero attached hydrogens (tertiary/aromatic N) is 1. The largest absolute Gasteiger partial charge is 0.369 e. The number of primary amides is 1. The molecule has 3 rings (SSSR count). The molecular weight excluding hydrogens is 340 g/mol. The van der Waals surface area contributed by atoms with E-state index >= 15 is 0 Å². The summed E-state index contributed by atoms with van der Waals surface area (Å²) in [5.74, 6) is 4.52. The van der Waals surface area contributed by atoms with Gasteiger partial charge in [-0.3, -0.25) is 9.59 Å². The number of hydrogen-bond acceptors (Lipinski definition) is 3. The summed E-state index contributed by atoms with van der Waals surface area (Å²) in [5, 5.41) is 4.04. The monoisotopic (exact) mass is 366 g/mol. The van der Waals surface area contributed by atoms with Crippen LogP contribution in [0.1, 0.15) is 46.9 Å². The van der Waals surface area contributed by atoms with Gasteiger partial charge in [0.15, 0.2) is 0 Å². The number of aromatic nitrogens is 1. The van der Waals surface area contributed by atoms with Gasteiger partial charge in [0.05, 0.1) is 11.1 Å². The second kappa shape index (κ2) is 7.36. The molecule has 0 aliphatic carbocycles. The smallest absolute Gasteiger partial charge is 0.296 e. The predicted octanol–water partition coefficient (Wildman–Crippen LogP) is 2.30. The van der Waals surface area contributed by atoms with Crippen molar-refractivity contribution >= 4 is 28.4 Å². The number of carbonyl (C=O) groups excluding carboxylic acids is 2. The van der Waals surface area contributed by atoms with E-state index in [1.165, 1.54) is 0 Å². The lowest BCUT2D eigenvalue weighted by Gasteiger charge is -2.36. The molecular formula is C21H26N4O2. The minimum absolute atomic E-state index is 0.0534. The summed E-state index contributed by atoms with van der Waals surface area (Å²) in [6.07, 6.45) is 1.91. The quantitative estimate of drug-likeness (QED) is 0.728. The zero-order chi connectivity index (χ0) is 19.7. The van der Waals surface area contributed by atoms with Crippen LogP contribution < -0.4 is 16.0 Å². The molecule has 0 saturated carbocycles. The van der Waals surface area contributed by atoms with E-state index in [2.05, 4.69) is 34.0 Å². The van der Waals surface area contributed by atoms with E-state index in [0.717, 1.165) is 52.8 Å². The van der Waals surface area contributed by atoms with E-state index in [9.17, 15) is 9.59 Å². The van der Waals surface area contributed by atoms with Gasteiger partial charge in [-0.1, -0.05) is 5.92 Å². The number of aryl methyl sites for hydroxylation is 3. The van der Waals surface area contributed by atoms with E-state index < -0.39 is 5.91 Å². The van der Waals surface area contributed by atoms with Gasteiger partial charge in [0, 0.05) is 35.9 Å². The molecule has 2 amide bonds. The number of anilines is 1. The van der Waals surface area contributed by atoms with Crippen LogP contribution in [0.5, 0.6) is 0 Å². The minimum atomic E-state index is -0.433. The normalized spacial score (nSPS) is 16.7. The van der Waals surface area contributed by atoms with E-state index in [1.807, 2.05) is 19.9 Å². The molecule has 2 heterocycles. The van der Waals surface area contributed by atoms with Crippen molar-refractivity contribution in [3.8, 4) is 11.8 Å². The molecule has 1 saturated heterocycles. The Labute approximate surface area is 159 Å². The Bertz CT molecular complexity index is 978. The van der Waals surface area contributed by atoms with Crippen molar-refractivity contribution < 1.29 is 9.59 Å². The van der Waals surface area contributed by atoms with Crippen LogP contribution in [0.3, 0.4) is 0 Å². The van der Waals surface area contributed by atoms with Gasteiger partial charge in [-0.2, -0.15) is 0 Å². The highest BCUT2D eigenvalue weighted by Gasteiger charge is 2.26. The van der Waals surface area contributed by atoms with Crippen LogP contribution in [-0.4, -0.2) is 35.9 Å². The Hall–Kier alpha value is -2.94. The van der Waals surface area contributed by atoms with Crippen molar-refractivity contribution in [2.24, 2.45) is 5.73 Å². The first-order chi connectivity index (χ1) is 12.8. The topological polar surface area (TPSA) is 91.2 Å². The molecule has 1 aliphatic heterocycles. The Kier molecular flexibility index (Phi) is 5.13. The van der Waals surface area contributed by atoms with Crippen LogP contribution in [0.2, 0.25) is 0 Å². The molecule has 6 heteroatoms. The number of aromatic amines is 1. The number of fused-ring (bicyclic) bond motifs is 1. The molecule has 4 N–H and O–H groups in total. The Balaban J connectivity index is 2.04. The average molecular weight is 366 g/mol. The SMILES string of the molecule is CC#CC(=O)N[C@@H]1CCCN(c2c(C)cc(C(N)=O)c3[nH]c(C)c(C)c23)C1. The molecule has 0 spiro atoms. The number of piperidine rings is 1. The van der Waals surface area contributed by atoms with Gasteiger partial charge in [0.25, 0.3) is 11.8 Å². The molecule has 0 bridgehead atoms. The molecule has 0 radical (unpaired) electrons. The number of nitrogens with one attached hydrogen (secondary N) is 2. The van der Waals surface area contributed by atoms with Crippen LogP contribution in [0.25, 0.3) is 10.9 Å². The second-order valence-corrected chi connectivity index (χ2v) is 7.21. The molecule has 6 nitrogen and oxygen atoms in total. The molecule has 1 aromatic carbocycles. The van der Waals surface area contributed by atoms with Gasteiger partial charge < -0.3 is 20.9 Å². The molecule has 1 aromatic heterocycles. The average Bonchev–Trinajstić information content (AvgIpc) is 2.90. The number of amides is 2. The van der Waals surface area contributed by atoms with E-state index in [4.69, 9.17) is 5.73 Å². The molecule has 2 aromatic rings. The summed E-state index contributed by atoms with van der Waals surface area (Å²) in [4.78, 5) is 29.4. The number of benzene rings is 1. The number of rotatable bonds is 3. The van der Waals surface area contributed by atoms with E-state index in [-0.39, 0.29) is 11.9 Å². The van der Waals surface area contributed by atoms with Crippen LogP contribution in [0.15, 0.2) is 6.07 Å². The van der Waals surface area contributed by atoms with Gasteiger partial charge in [-0.05, 0) is 63.7 Å². The lowest BCUT2D eigenvalue weighted by atomic mass is 9.97. The van der Waals surface area contributed by atoms with Crippen molar-refractivity contribution in [1.29, 1.82) is 0 Å². The standard InChI is InChI=1S/C21H26N4O2/c1-5-7-17(26)24-15-8-6-9-25(11-15)20-12(2)10-16(21(22)27)19-18(20)13(3)14(4)23-19/h10,15,23H,6,8-9,11H2,1-4H3,(H2,22,27)(H,24,26)/t15-/m1/s1. The fourth-order valence-electron chi connectivity index (χ4n) is 4.01. The lowest BCUT2D eigenvalue weighted by Crippen LogP contribution is -2.47. The summed E-state index contributed by atoms with van der Waals surface area (Å²) in [6.45, 7) is 9.34. The lowest BCUT2D eigenvalue weighted by molar-refractivity contribution is -0.116. The highest BCUT2D eigenvalue weighted by atomic mass is 16.1. The van der Waals surface area contributed by atoms with Gasteiger partial charge in [-0.25, -0.2) is 0 Å². The third kappa shape index (κ3) is 3.50. The zero-order valence-corrected chi connectivity index (χ0v) is 16.3. The molecule has 1 fully saturated rings. The molecule has 142 valence electrons. The fourth-order valence-corrected chi connectivity index (χ4v) is 4.01. The third-order valence-electron chi connectivity index (χ3n) is 5.32. The first-order valence-corrected chi connectivity index (χ1v) is 9.24. The molecule has 0 unspecified atom stereocenters. The maximum atomic E-state index is 11.9. The van der Waals surface area contributed by atoms with E-state index in [0.29, 0.717) is 12.1 Å². The van der Waals surface area contributed by atoms with Crippen LogP contribution in [0.4, 0.5) is 5.69 Å². The fraction of sp³-hybridized carbons (Fsp3) is 0.429. The Morgan fingerprint density at radius 2 is 2.07 bits per heavy atom. The van der Waals surface area contributed by atoms with Gasteiger partial charge in [0.2, 0.25) is 0 Å². The predicted molar refractivity (Wildman–Crippen MR) is 108 cm³/mol. The zero-order valence-electron chi connectivity index (χ0n) is 16.3. The number of H-pyrrole nitrogens is 1. The van der Waals surface area contributed by atoms with Crippen LogP contribution in [-0.2, 0) is 4.79 Å². The minimum Gasteiger partial charge on any atom is -0.369 e. The number of carbonyl (C=O) groups is 2. The van der Waals surface area contributed by atoms with Crippen molar-refractivity contribution in [3.05, 3.63) is 28.5 Å². The summed E-state index contributed by atoms with van der Waals surface area (Å²) in [7, 11) is 0. The molecule has 1 aliphatic rings. The first-order valence-electron chi connectivity index (χ1n) is 9.24.